The van der Waals surface area contributed by atoms with Crippen LogP contribution in [0.25, 0.3) is 17.2 Å². The second-order valence-electron chi connectivity index (χ2n) is 8.25. The van der Waals surface area contributed by atoms with Crippen LogP contribution >= 0.6 is 0 Å². The lowest BCUT2D eigenvalue weighted by Crippen LogP contribution is -2.23. The zero-order chi connectivity index (χ0) is 21.1. The van der Waals surface area contributed by atoms with E-state index in [1.54, 1.807) is 0 Å². The van der Waals surface area contributed by atoms with Crippen LogP contribution in [0.15, 0.2) is 91.4 Å². The summed E-state index contributed by atoms with van der Waals surface area (Å²) in [7, 11) is 0. The van der Waals surface area contributed by atoms with Crippen molar-refractivity contribution in [3.63, 3.8) is 0 Å². The molecule has 0 saturated heterocycles. The molecular weight excluding hydrogens is 359 g/mol. The summed E-state index contributed by atoms with van der Waals surface area (Å²) < 4.78 is 0. The van der Waals surface area contributed by atoms with Crippen LogP contribution in [0.5, 0.6) is 0 Å². The Morgan fingerprint density at radius 3 is 2.37 bits per heavy atom. The minimum atomic E-state index is 0.385. The number of rotatable bonds is 6. The summed E-state index contributed by atoms with van der Waals surface area (Å²) in [6, 6.07) is 26.4. The Kier molecular flexibility index (Phi) is 5.90. The molecule has 0 aliphatic carbocycles. The highest BCUT2D eigenvalue weighted by molar-refractivity contribution is 6.84. The zero-order valence-corrected chi connectivity index (χ0v) is 18.1. The van der Waals surface area contributed by atoms with E-state index < -0.39 is 0 Å². The van der Waals surface area contributed by atoms with Gasteiger partial charge in [-0.2, -0.15) is 0 Å². The molecule has 0 spiro atoms. The number of hydrogen-bond acceptors (Lipinski definition) is 0. The summed E-state index contributed by atoms with van der Waals surface area (Å²) in [6.45, 7) is 13.3. The number of allylic oxidation sites excluding steroid dienone is 3. The summed E-state index contributed by atoms with van der Waals surface area (Å²) in [5, 5.41) is 0. The molecule has 0 bridgehead atoms. The highest BCUT2D eigenvalue weighted by Gasteiger charge is 2.29. The maximum absolute atomic E-state index is 4.40. The minimum Gasteiger partial charge on any atom is -0.104 e. The van der Waals surface area contributed by atoms with Crippen LogP contribution < -0.4 is 5.46 Å². The predicted molar refractivity (Wildman–Crippen MR) is 134 cm³/mol. The summed E-state index contributed by atoms with van der Waals surface area (Å²) in [6.07, 6.45) is 5.40. The molecule has 3 aromatic carbocycles. The summed E-state index contributed by atoms with van der Waals surface area (Å²) in [4.78, 5) is 0. The van der Waals surface area contributed by atoms with Gasteiger partial charge in [0.2, 0.25) is 6.71 Å². The fourth-order valence-electron chi connectivity index (χ4n) is 4.33. The Morgan fingerprint density at radius 1 is 0.900 bits per heavy atom. The van der Waals surface area contributed by atoms with Crippen LogP contribution in [-0.2, 0) is 12.8 Å². The van der Waals surface area contributed by atoms with Crippen molar-refractivity contribution < 1.29 is 0 Å². The molecule has 0 N–H and O–H groups in total. The van der Waals surface area contributed by atoms with E-state index in [-0.39, 0.29) is 0 Å². The van der Waals surface area contributed by atoms with Gasteiger partial charge in [0.15, 0.2) is 0 Å². The minimum absolute atomic E-state index is 0.385. The van der Waals surface area contributed by atoms with Crippen molar-refractivity contribution in [2.24, 2.45) is 0 Å². The highest BCUT2D eigenvalue weighted by atomic mass is 14.2. The molecule has 0 nitrogen and oxygen atoms in total. The Labute approximate surface area is 181 Å². The van der Waals surface area contributed by atoms with Crippen LogP contribution in [0, 0.1) is 0 Å². The number of hydrogen-bond donors (Lipinski definition) is 0. The second-order valence-corrected chi connectivity index (χ2v) is 8.25. The molecule has 30 heavy (non-hydrogen) atoms. The summed E-state index contributed by atoms with van der Waals surface area (Å²) in [5.41, 5.74) is 11.7. The largest absolute Gasteiger partial charge is 0.207 e. The van der Waals surface area contributed by atoms with Gasteiger partial charge in [-0.3, -0.25) is 0 Å². The fourth-order valence-corrected chi connectivity index (χ4v) is 4.33. The first-order chi connectivity index (χ1) is 14.6. The SMILES string of the molecule is C=C1B(C)c2ccccc2/C1=C\c1ccccc1CCc1ccc(C(=C)CC)cc1. The molecule has 0 saturated carbocycles. The van der Waals surface area contributed by atoms with E-state index in [2.05, 4.69) is 106 Å². The van der Waals surface area contributed by atoms with Crippen molar-refractivity contribution in [3.8, 4) is 0 Å². The van der Waals surface area contributed by atoms with Crippen LogP contribution in [0.4, 0.5) is 0 Å². The van der Waals surface area contributed by atoms with Gasteiger partial charge < -0.3 is 0 Å². The molecule has 0 radical (unpaired) electrons. The van der Waals surface area contributed by atoms with E-state index in [0.717, 1.165) is 19.3 Å². The van der Waals surface area contributed by atoms with Crippen LogP contribution in [0.2, 0.25) is 6.82 Å². The fraction of sp³-hybridized carbons (Fsp3) is 0.172. The maximum Gasteiger partial charge on any atom is 0.207 e. The maximum atomic E-state index is 4.40. The topological polar surface area (TPSA) is 0 Å². The molecule has 148 valence electrons. The van der Waals surface area contributed by atoms with Gasteiger partial charge in [0.05, 0.1) is 0 Å². The third-order valence-electron chi connectivity index (χ3n) is 6.41. The molecule has 1 aliphatic rings. The quantitative estimate of drug-likeness (QED) is 0.404. The average Bonchev–Trinajstić information content (AvgIpc) is 3.03. The number of benzene rings is 3. The van der Waals surface area contributed by atoms with Crippen molar-refractivity contribution in [2.75, 3.05) is 0 Å². The predicted octanol–water partition coefficient (Wildman–Crippen LogP) is 6.88. The van der Waals surface area contributed by atoms with Crippen LogP contribution in [-0.4, -0.2) is 6.71 Å². The standard InChI is InChI=1S/C29H29B/c1-5-21(2)24-17-14-23(15-18-24)16-19-25-10-6-7-11-26(25)20-28-22(3)30(4)29-13-9-8-12-27(28)29/h6-15,17-18,20H,2-3,5,16,19H2,1,4H3/b28-20-. The molecule has 0 atom stereocenters. The van der Waals surface area contributed by atoms with Crippen LogP contribution in [0.1, 0.15) is 41.2 Å². The first kappa shape index (κ1) is 20.2. The van der Waals surface area contributed by atoms with Crippen LogP contribution in [0.3, 0.4) is 0 Å². The van der Waals surface area contributed by atoms with Crippen molar-refractivity contribution in [3.05, 3.63) is 119 Å². The summed E-state index contributed by atoms with van der Waals surface area (Å²) in [5.74, 6) is 0. The third kappa shape index (κ3) is 3.98. The highest BCUT2D eigenvalue weighted by Crippen LogP contribution is 2.32. The van der Waals surface area contributed by atoms with Gasteiger partial charge >= 0.3 is 0 Å². The molecular formula is C29H29B. The lowest BCUT2D eigenvalue weighted by Gasteiger charge is -2.10. The first-order valence-electron chi connectivity index (χ1n) is 10.9. The Hall–Kier alpha value is -3.06. The van der Waals surface area contributed by atoms with Gasteiger partial charge in [0.1, 0.15) is 0 Å². The van der Waals surface area contributed by atoms with Gasteiger partial charge in [-0.25, -0.2) is 0 Å². The number of aryl methyl sites for hydroxylation is 2. The van der Waals surface area contributed by atoms with E-state index in [9.17, 15) is 0 Å². The zero-order valence-electron chi connectivity index (χ0n) is 18.1. The Bertz CT molecular complexity index is 1120. The van der Waals surface area contributed by atoms with E-state index >= 15 is 0 Å². The van der Waals surface area contributed by atoms with Crippen molar-refractivity contribution in [1.82, 2.24) is 0 Å². The molecule has 1 heteroatoms. The lowest BCUT2D eigenvalue weighted by molar-refractivity contribution is 0.957. The Balaban J connectivity index is 1.57. The Morgan fingerprint density at radius 2 is 1.60 bits per heavy atom. The molecule has 0 aromatic heterocycles. The molecule has 0 unspecified atom stereocenters. The second kappa shape index (κ2) is 8.75. The van der Waals surface area contributed by atoms with E-state index in [4.69, 9.17) is 0 Å². The molecule has 1 heterocycles. The molecule has 4 rings (SSSR count). The van der Waals surface area contributed by atoms with Crippen molar-refractivity contribution >= 4 is 29.4 Å². The van der Waals surface area contributed by atoms with E-state index in [1.807, 2.05) is 0 Å². The lowest BCUT2D eigenvalue weighted by atomic mass is 9.45. The first-order valence-corrected chi connectivity index (χ1v) is 10.9. The number of fused-ring (bicyclic) bond motifs is 1. The normalized spacial score (nSPS) is 14.3. The monoisotopic (exact) mass is 388 g/mol. The van der Waals surface area contributed by atoms with E-state index in [1.165, 1.54) is 49.9 Å². The van der Waals surface area contributed by atoms with Gasteiger partial charge in [-0.1, -0.05) is 104 Å². The van der Waals surface area contributed by atoms with E-state index in [0.29, 0.717) is 6.71 Å². The molecule has 3 aromatic rings. The van der Waals surface area contributed by atoms with Gasteiger partial charge in [0, 0.05) is 0 Å². The smallest absolute Gasteiger partial charge is 0.104 e. The molecule has 1 aliphatic heterocycles. The average molecular weight is 388 g/mol. The third-order valence-corrected chi connectivity index (χ3v) is 6.41. The summed E-state index contributed by atoms with van der Waals surface area (Å²) >= 11 is 0. The molecule has 0 fully saturated rings. The van der Waals surface area contributed by atoms with Crippen molar-refractivity contribution in [2.45, 2.75) is 33.0 Å². The van der Waals surface area contributed by atoms with Gasteiger partial charge in [-0.05, 0) is 64.3 Å². The van der Waals surface area contributed by atoms with Gasteiger partial charge in [0.25, 0.3) is 0 Å². The molecule has 0 amide bonds. The van der Waals surface area contributed by atoms with Crippen molar-refractivity contribution in [1.29, 1.82) is 0 Å². The van der Waals surface area contributed by atoms with Gasteiger partial charge in [-0.15, -0.1) is 6.58 Å².